The Kier molecular flexibility index (Phi) is 5.90. The number of nitrogens with zero attached hydrogens (tertiary/aromatic N) is 5. The number of fused-ring (bicyclic) bond motifs is 1. The number of hydrogen-bond donors (Lipinski definition) is 1. The molecule has 2 saturated heterocycles. The van der Waals surface area contributed by atoms with Crippen LogP contribution in [0.15, 0.2) is 48.9 Å². The first-order valence-corrected chi connectivity index (χ1v) is 11.5. The van der Waals surface area contributed by atoms with Gasteiger partial charge in [0.15, 0.2) is 0 Å². The summed E-state index contributed by atoms with van der Waals surface area (Å²) < 4.78 is 0. The molecule has 0 radical (unpaired) electrons. The third kappa shape index (κ3) is 4.12. The Morgan fingerprint density at radius 1 is 0.875 bits per heavy atom. The number of pyridine rings is 2. The van der Waals surface area contributed by atoms with Crippen molar-refractivity contribution in [2.75, 3.05) is 61.4 Å². The molecule has 1 N–H and O–H groups in total. The highest BCUT2D eigenvalue weighted by Crippen LogP contribution is 2.33. The second-order valence-corrected chi connectivity index (χ2v) is 8.72. The summed E-state index contributed by atoms with van der Waals surface area (Å²) in [7, 11) is 2.16. The van der Waals surface area contributed by atoms with Gasteiger partial charge in [-0.2, -0.15) is 0 Å². The quantitative estimate of drug-likeness (QED) is 0.682. The number of piperidine rings is 1. The fraction of sp³-hybridized carbons (Fsp3) is 0.400. The summed E-state index contributed by atoms with van der Waals surface area (Å²) in [6, 6.07) is 9.87. The topological polar surface area (TPSA) is 64.6 Å². The number of rotatable bonds is 4. The van der Waals surface area contributed by atoms with Gasteiger partial charge in [-0.3, -0.25) is 9.78 Å². The van der Waals surface area contributed by atoms with E-state index < -0.39 is 0 Å². The molecule has 0 atom stereocenters. The fourth-order valence-corrected chi connectivity index (χ4v) is 4.73. The summed E-state index contributed by atoms with van der Waals surface area (Å²) >= 11 is 0. The Labute approximate surface area is 189 Å². The first-order chi connectivity index (χ1) is 15.7. The monoisotopic (exact) mass is 430 g/mol. The Hall–Kier alpha value is -3.19. The number of benzene rings is 1. The van der Waals surface area contributed by atoms with Gasteiger partial charge in [0.2, 0.25) is 0 Å². The number of piperazine rings is 1. The molecule has 2 aliphatic rings. The minimum absolute atomic E-state index is 0.129. The molecule has 32 heavy (non-hydrogen) atoms. The van der Waals surface area contributed by atoms with Crippen molar-refractivity contribution in [1.82, 2.24) is 14.9 Å². The molecule has 0 spiro atoms. The first kappa shape index (κ1) is 20.7. The standard InChI is InChI=1S/C25H30N6O/c1-29-14-16-30(17-15-29)23-8-7-22(21-18-26-11-9-19(21)23)28-25(32)20-6-5-10-27-24(20)31-12-3-2-4-13-31/h5-11,18H,2-4,12-17H2,1H3,(H,28,32). The van der Waals surface area contributed by atoms with Crippen LogP contribution in [0.5, 0.6) is 0 Å². The molecule has 166 valence electrons. The number of carbonyl (C=O) groups is 1. The lowest BCUT2D eigenvalue weighted by Crippen LogP contribution is -2.44. The molecule has 0 unspecified atom stereocenters. The number of likely N-dealkylation sites (N-methyl/N-ethyl adjacent to an activating group) is 1. The summed E-state index contributed by atoms with van der Waals surface area (Å²) in [6.07, 6.45) is 8.96. The number of carbonyl (C=O) groups excluding carboxylic acids is 1. The van der Waals surface area contributed by atoms with E-state index in [4.69, 9.17) is 0 Å². The molecule has 2 aliphatic heterocycles. The van der Waals surface area contributed by atoms with Gasteiger partial charge in [-0.05, 0) is 56.6 Å². The molecule has 3 aromatic rings. The van der Waals surface area contributed by atoms with E-state index in [-0.39, 0.29) is 5.91 Å². The van der Waals surface area contributed by atoms with Crippen molar-refractivity contribution >= 4 is 33.9 Å². The van der Waals surface area contributed by atoms with E-state index in [9.17, 15) is 4.79 Å². The summed E-state index contributed by atoms with van der Waals surface area (Å²) in [6.45, 7) is 5.98. The van der Waals surface area contributed by atoms with Crippen LogP contribution in [-0.2, 0) is 0 Å². The van der Waals surface area contributed by atoms with Gasteiger partial charge in [0.1, 0.15) is 5.82 Å². The van der Waals surface area contributed by atoms with Gasteiger partial charge in [0, 0.05) is 74.3 Å². The molecule has 0 saturated carbocycles. The van der Waals surface area contributed by atoms with Gasteiger partial charge in [-0.1, -0.05) is 0 Å². The third-order valence-electron chi connectivity index (χ3n) is 6.57. The lowest BCUT2D eigenvalue weighted by molar-refractivity contribution is 0.102. The van der Waals surface area contributed by atoms with Crippen LogP contribution in [0.1, 0.15) is 29.6 Å². The highest BCUT2D eigenvalue weighted by molar-refractivity contribution is 6.12. The predicted molar refractivity (Wildman–Crippen MR) is 130 cm³/mol. The molecule has 4 heterocycles. The van der Waals surface area contributed by atoms with Gasteiger partial charge in [0.05, 0.1) is 11.3 Å². The first-order valence-electron chi connectivity index (χ1n) is 11.5. The molecule has 5 rings (SSSR count). The zero-order valence-corrected chi connectivity index (χ0v) is 18.6. The zero-order valence-electron chi connectivity index (χ0n) is 18.6. The maximum Gasteiger partial charge on any atom is 0.259 e. The average Bonchev–Trinajstić information content (AvgIpc) is 2.85. The normalized spacial score (nSPS) is 17.5. The molecular weight excluding hydrogens is 400 g/mol. The van der Waals surface area contributed by atoms with Crippen LogP contribution in [0.2, 0.25) is 0 Å². The van der Waals surface area contributed by atoms with Crippen LogP contribution in [0.3, 0.4) is 0 Å². The van der Waals surface area contributed by atoms with E-state index in [2.05, 4.69) is 43.1 Å². The molecule has 0 aliphatic carbocycles. The summed E-state index contributed by atoms with van der Waals surface area (Å²) in [5.41, 5.74) is 2.60. The Morgan fingerprint density at radius 3 is 2.50 bits per heavy atom. The molecule has 2 aromatic heterocycles. The Balaban J connectivity index is 1.44. The van der Waals surface area contributed by atoms with E-state index in [1.54, 1.807) is 6.20 Å². The van der Waals surface area contributed by atoms with Gasteiger partial charge >= 0.3 is 0 Å². The number of aromatic nitrogens is 2. The molecule has 7 heteroatoms. The second-order valence-electron chi connectivity index (χ2n) is 8.72. The molecular formula is C25H30N6O. The summed E-state index contributed by atoms with van der Waals surface area (Å²) in [5, 5.41) is 5.22. The highest BCUT2D eigenvalue weighted by atomic mass is 16.1. The minimum Gasteiger partial charge on any atom is -0.368 e. The number of nitrogens with one attached hydrogen (secondary N) is 1. The largest absolute Gasteiger partial charge is 0.368 e. The van der Waals surface area contributed by atoms with Gasteiger partial charge < -0.3 is 20.0 Å². The maximum atomic E-state index is 13.3. The summed E-state index contributed by atoms with van der Waals surface area (Å²) in [4.78, 5) is 29.2. The van der Waals surface area contributed by atoms with Crippen molar-refractivity contribution in [3.8, 4) is 0 Å². The lowest BCUT2D eigenvalue weighted by atomic mass is 10.1. The minimum atomic E-state index is -0.129. The van der Waals surface area contributed by atoms with Crippen molar-refractivity contribution in [1.29, 1.82) is 0 Å². The average molecular weight is 431 g/mol. The van der Waals surface area contributed by atoms with Gasteiger partial charge in [0.25, 0.3) is 5.91 Å². The third-order valence-corrected chi connectivity index (χ3v) is 6.57. The van der Waals surface area contributed by atoms with Crippen molar-refractivity contribution in [3.63, 3.8) is 0 Å². The molecule has 1 aromatic carbocycles. The van der Waals surface area contributed by atoms with Crippen molar-refractivity contribution in [3.05, 3.63) is 54.5 Å². The van der Waals surface area contributed by atoms with Crippen LogP contribution in [0.4, 0.5) is 17.2 Å². The van der Waals surface area contributed by atoms with E-state index in [1.165, 1.54) is 12.1 Å². The van der Waals surface area contributed by atoms with E-state index in [0.717, 1.165) is 74.4 Å². The predicted octanol–water partition coefficient (Wildman–Crippen LogP) is 3.62. The smallest absolute Gasteiger partial charge is 0.259 e. The van der Waals surface area contributed by atoms with Crippen LogP contribution in [0, 0.1) is 0 Å². The molecule has 2 fully saturated rings. The van der Waals surface area contributed by atoms with Gasteiger partial charge in [-0.25, -0.2) is 4.98 Å². The SMILES string of the molecule is CN1CCN(c2ccc(NC(=O)c3cccnc3N3CCCCC3)c3cnccc23)CC1. The number of hydrogen-bond acceptors (Lipinski definition) is 6. The Bertz CT molecular complexity index is 1100. The van der Waals surface area contributed by atoms with Crippen LogP contribution in [0.25, 0.3) is 10.8 Å². The maximum absolute atomic E-state index is 13.3. The molecule has 7 nitrogen and oxygen atoms in total. The van der Waals surface area contributed by atoms with E-state index in [1.807, 2.05) is 36.7 Å². The number of anilines is 3. The lowest BCUT2D eigenvalue weighted by Gasteiger charge is -2.34. The highest BCUT2D eigenvalue weighted by Gasteiger charge is 2.21. The zero-order chi connectivity index (χ0) is 21.9. The van der Waals surface area contributed by atoms with Crippen LogP contribution < -0.4 is 15.1 Å². The van der Waals surface area contributed by atoms with E-state index in [0.29, 0.717) is 5.56 Å². The second kappa shape index (κ2) is 9.12. The number of amides is 1. The molecule has 0 bridgehead atoms. The summed E-state index contributed by atoms with van der Waals surface area (Å²) in [5.74, 6) is 0.650. The van der Waals surface area contributed by atoms with Crippen LogP contribution >= 0.6 is 0 Å². The Morgan fingerprint density at radius 2 is 1.69 bits per heavy atom. The molecule has 1 amide bonds. The van der Waals surface area contributed by atoms with Crippen molar-refractivity contribution < 1.29 is 4.79 Å². The van der Waals surface area contributed by atoms with E-state index >= 15 is 0 Å². The van der Waals surface area contributed by atoms with Crippen LogP contribution in [-0.4, -0.2) is 67.1 Å². The fourth-order valence-electron chi connectivity index (χ4n) is 4.73. The van der Waals surface area contributed by atoms with Gasteiger partial charge in [-0.15, -0.1) is 0 Å². The van der Waals surface area contributed by atoms with Crippen molar-refractivity contribution in [2.45, 2.75) is 19.3 Å². The van der Waals surface area contributed by atoms with Crippen molar-refractivity contribution in [2.24, 2.45) is 0 Å².